The van der Waals surface area contributed by atoms with E-state index in [1.54, 1.807) is 54.6 Å². The molecule has 0 saturated carbocycles. The molecule has 0 unspecified atom stereocenters. The summed E-state index contributed by atoms with van der Waals surface area (Å²) in [5.41, 5.74) is 1.38. The second-order valence-electron chi connectivity index (χ2n) is 14.6. The molecule has 0 spiro atoms. The van der Waals surface area contributed by atoms with Gasteiger partial charge in [-0.3, -0.25) is 9.59 Å². The quantitative estimate of drug-likeness (QED) is 0.129. The van der Waals surface area contributed by atoms with Crippen LogP contribution in [0.25, 0.3) is 22.9 Å². The van der Waals surface area contributed by atoms with Gasteiger partial charge in [0.1, 0.15) is 11.6 Å². The van der Waals surface area contributed by atoms with E-state index in [0.717, 1.165) is 18.4 Å². The number of para-hydroxylation sites is 2. The Labute approximate surface area is 370 Å². The molecule has 2 aliphatic rings. The van der Waals surface area contributed by atoms with Crippen LogP contribution >= 0.6 is 12.4 Å². The summed E-state index contributed by atoms with van der Waals surface area (Å²) < 4.78 is 139. The summed E-state index contributed by atoms with van der Waals surface area (Å²) in [7, 11) is -3.41. The topological polar surface area (TPSA) is 168 Å². The van der Waals surface area contributed by atoms with E-state index < -0.39 is 63.5 Å². The molecular formula is C41H35ClF8N8O6S. The molecule has 14 nitrogen and oxygen atoms in total. The average Bonchev–Trinajstić information content (AvgIpc) is 3.91. The zero-order valence-electron chi connectivity index (χ0n) is 33.6. The van der Waals surface area contributed by atoms with Crippen LogP contribution in [0.4, 0.5) is 46.5 Å². The predicted molar refractivity (Wildman–Crippen MR) is 218 cm³/mol. The first-order chi connectivity index (χ1) is 30.3. The van der Waals surface area contributed by atoms with Crippen molar-refractivity contribution in [2.45, 2.75) is 25.4 Å². The molecule has 4 heterocycles. The van der Waals surface area contributed by atoms with Gasteiger partial charge in [-0.25, -0.2) is 21.5 Å². The summed E-state index contributed by atoms with van der Waals surface area (Å²) in [5.74, 6) is -6.74. The van der Waals surface area contributed by atoms with Crippen LogP contribution in [-0.4, -0.2) is 77.4 Å². The van der Waals surface area contributed by atoms with E-state index in [1.165, 1.54) is 38.4 Å². The van der Waals surface area contributed by atoms with Crippen LogP contribution in [0.2, 0.25) is 0 Å². The van der Waals surface area contributed by atoms with E-state index in [1.807, 2.05) is 6.07 Å². The highest BCUT2D eigenvalue weighted by atomic mass is 35.5. The summed E-state index contributed by atoms with van der Waals surface area (Å²) in [5, 5.41) is 15.5. The number of nitrogens with zero attached hydrogens (tertiary/aromatic N) is 7. The molecule has 2 amide bonds. The lowest BCUT2D eigenvalue weighted by Gasteiger charge is -2.39. The molecule has 0 aliphatic carbocycles. The number of alkyl halides is 6. The zero-order valence-corrected chi connectivity index (χ0v) is 35.2. The molecule has 2 fully saturated rings. The van der Waals surface area contributed by atoms with Gasteiger partial charge in [-0.15, -0.1) is 32.8 Å². The molecular weight excluding hydrogens is 920 g/mol. The number of benzene rings is 4. The molecule has 8 rings (SSSR count). The Kier molecular flexibility index (Phi) is 14.4. The summed E-state index contributed by atoms with van der Waals surface area (Å²) in [6, 6.07) is 24.7. The van der Waals surface area contributed by atoms with Crippen molar-refractivity contribution in [2.75, 3.05) is 42.2 Å². The van der Waals surface area contributed by atoms with Crippen molar-refractivity contribution in [2.24, 2.45) is 11.8 Å². The fraction of sp³-hybridized carbons (Fsp3) is 0.268. The third-order valence-electron chi connectivity index (χ3n) is 10.1. The van der Waals surface area contributed by atoms with Crippen molar-refractivity contribution < 1.29 is 62.0 Å². The molecule has 24 heteroatoms. The second-order valence-corrected chi connectivity index (χ2v) is 16.6. The molecule has 344 valence electrons. The minimum atomic E-state index is -4.82. The summed E-state index contributed by atoms with van der Waals surface area (Å²) in [6.07, 6.45) is -8.55. The fourth-order valence-electron chi connectivity index (χ4n) is 6.44. The third-order valence-corrected chi connectivity index (χ3v) is 11.3. The maximum absolute atomic E-state index is 14.9. The first-order valence-electron chi connectivity index (χ1n) is 19.0. The molecule has 4 aromatic carbocycles. The zero-order chi connectivity index (χ0) is 46.0. The van der Waals surface area contributed by atoms with Gasteiger partial charge in [0.05, 0.1) is 31.2 Å². The standard InChI is InChI=1S/C21H18F4N4O4S.C20H16F4N4O2.ClH/c1-34(31,32)28-10-15(11-28)19(30)29(16-5-3-2-4-6-16)12-14-8-7-13(9-17(14)22)18-26-27-20(33-18)21(23,24)25;21-16-8-12(17-26-27-19(30-17)20(22,23)24)6-7-13(16)11-28(15-4-2-1-3-5-15)18(29)14-9-25-10-14;/h2-9,15H,10-12H2,1H3;1-8,14,25H,9-11H2;1H. The van der Waals surface area contributed by atoms with Gasteiger partial charge in [-0.2, -0.15) is 26.3 Å². The average molecular weight is 955 g/mol. The normalized spacial score (nSPS) is 14.6. The van der Waals surface area contributed by atoms with Gasteiger partial charge in [-0.05, 0) is 48.5 Å². The number of sulfonamides is 1. The van der Waals surface area contributed by atoms with Crippen LogP contribution in [0, 0.1) is 23.5 Å². The van der Waals surface area contributed by atoms with E-state index in [-0.39, 0.29) is 78.6 Å². The Morgan fingerprint density at radius 3 is 1.38 bits per heavy atom. The van der Waals surface area contributed by atoms with Crippen LogP contribution in [-0.2, 0) is 45.1 Å². The number of amides is 2. The van der Waals surface area contributed by atoms with Crippen LogP contribution in [0.5, 0.6) is 0 Å². The Hall–Kier alpha value is -6.30. The highest BCUT2D eigenvalue weighted by Crippen LogP contribution is 2.33. The highest BCUT2D eigenvalue weighted by Gasteiger charge is 2.41. The van der Waals surface area contributed by atoms with Crippen molar-refractivity contribution in [3.05, 3.63) is 132 Å². The van der Waals surface area contributed by atoms with Crippen molar-refractivity contribution in [3.63, 3.8) is 0 Å². The monoisotopic (exact) mass is 954 g/mol. The minimum absolute atomic E-state index is 0. The van der Waals surface area contributed by atoms with Gasteiger partial charge in [0.15, 0.2) is 0 Å². The summed E-state index contributed by atoms with van der Waals surface area (Å²) in [6.45, 7) is 0.970. The third kappa shape index (κ3) is 11.3. The number of hydrogen-bond acceptors (Lipinski definition) is 11. The Bertz CT molecular complexity index is 2730. The van der Waals surface area contributed by atoms with Crippen LogP contribution < -0.4 is 15.1 Å². The van der Waals surface area contributed by atoms with E-state index in [9.17, 15) is 53.1 Å². The Morgan fingerprint density at radius 2 is 1.06 bits per heavy atom. The summed E-state index contributed by atoms with van der Waals surface area (Å²) >= 11 is 0. The van der Waals surface area contributed by atoms with Gasteiger partial charge in [0.25, 0.3) is 0 Å². The van der Waals surface area contributed by atoms with Crippen LogP contribution in [0.15, 0.2) is 106 Å². The van der Waals surface area contributed by atoms with Crippen molar-refractivity contribution in [1.82, 2.24) is 30.0 Å². The van der Waals surface area contributed by atoms with Gasteiger partial charge in [0.2, 0.25) is 33.6 Å². The number of carbonyl (C=O) groups is 2. The SMILES string of the molecule is CS(=O)(=O)N1CC(C(=O)N(Cc2ccc(-c3nnc(C(F)(F)F)o3)cc2F)c2ccccc2)C1.Cl.O=C(C1CNC1)N(Cc1ccc(-c2nnc(C(F)(F)F)o2)cc1F)c1ccccc1. The smallest absolute Gasteiger partial charge is 0.413 e. The number of rotatable bonds is 11. The summed E-state index contributed by atoms with van der Waals surface area (Å²) in [4.78, 5) is 28.8. The predicted octanol–water partition coefficient (Wildman–Crippen LogP) is 7.39. The number of aromatic nitrogens is 4. The van der Waals surface area contributed by atoms with E-state index in [4.69, 9.17) is 0 Å². The molecule has 2 saturated heterocycles. The molecule has 65 heavy (non-hydrogen) atoms. The van der Waals surface area contributed by atoms with E-state index in [2.05, 4.69) is 34.5 Å². The molecule has 0 bridgehead atoms. The van der Waals surface area contributed by atoms with E-state index >= 15 is 0 Å². The van der Waals surface area contributed by atoms with Crippen molar-refractivity contribution in [3.8, 4) is 22.9 Å². The highest BCUT2D eigenvalue weighted by molar-refractivity contribution is 7.88. The molecule has 0 radical (unpaired) electrons. The fourth-order valence-corrected chi connectivity index (χ4v) is 7.35. The van der Waals surface area contributed by atoms with Crippen LogP contribution in [0.1, 0.15) is 22.9 Å². The Balaban J connectivity index is 0.000000214. The van der Waals surface area contributed by atoms with Gasteiger partial charge < -0.3 is 24.0 Å². The first kappa shape index (κ1) is 48.2. The van der Waals surface area contributed by atoms with Crippen molar-refractivity contribution >= 4 is 45.6 Å². The first-order valence-corrected chi connectivity index (χ1v) is 20.9. The maximum Gasteiger partial charge on any atom is 0.470 e. The lowest BCUT2D eigenvalue weighted by molar-refractivity contribution is -0.157. The largest absolute Gasteiger partial charge is 0.470 e. The second kappa shape index (κ2) is 19.4. The molecule has 6 aromatic rings. The number of carbonyl (C=O) groups excluding carboxylic acids is 2. The molecule has 0 atom stereocenters. The lowest BCUT2D eigenvalue weighted by Crippen LogP contribution is -2.56. The minimum Gasteiger partial charge on any atom is -0.413 e. The number of nitrogens with one attached hydrogen (secondary N) is 1. The van der Waals surface area contributed by atoms with Crippen LogP contribution in [0.3, 0.4) is 0 Å². The van der Waals surface area contributed by atoms with Gasteiger partial charge >= 0.3 is 24.1 Å². The molecule has 2 aliphatic heterocycles. The molecule has 2 aromatic heterocycles. The van der Waals surface area contributed by atoms with Gasteiger partial charge in [0, 0.05) is 59.8 Å². The van der Waals surface area contributed by atoms with E-state index in [0.29, 0.717) is 24.5 Å². The number of hydrogen-bond donors (Lipinski definition) is 1. The molecule has 1 N–H and O–H groups in total. The van der Waals surface area contributed by atoms with Crippen molar-refractivity contribution in [1.29, 1.82) is 0 Å². The maximum atomic E-state index is 14.9. The Morgan fingerprint density at radius 1 is 0.662 bits per heavy atom. The van der Waals surface area contributed by atoms with Gasteiger partial charge in [-0.1, -0.05) is 48.5 Å². The lowest BCUT2D eigenvalue weighted by atomic mass is 10.0. The number of halogens is 9. The number of anilines is 2.